The molecular weight excluding hydrogens is 544 g/mol. The van der Waals surface area contributed by atoms with Crippen LogP contribution in [0.25, 0.3) is 88.0 Å². The Bertz CT molecular complexity index is 3310. The summed E-state index contributed by atoms with van der Waals surface area (Å²) in [5, 5.41) is 2.30. The minimum atomic E-state index is -0.693. The zero-order valence-electron chi connectivity index (χ0n) is 39.3. The lowest BCUT2D eigenvalue weighted by atomic mass is 9.85. The van der Waals surface area contributed by atoms with Crippen molar-refractivity contribution >= 4 is 43.5 Å². The van der Waals surface area contributed by atoms with Crippen LogP contribution in [-0.2, 0) is 0 Å². The first-order chi connectivity index (χ1) is 29.0. The summed E-state index contributed by atoms with van der Waals surface area (Å²) >= 11 is 0. The van der Waals surface area contributed by atoms with Crippen molar-refractivity contribution in [3.05, 3.63) is 169 Å². The third-order valence-electron chi connectivity index (χ3n) is 7.90. The molecule has 0 aliphatic carbocycles. The van der Waals surface area contributed by atoms with Gasteiger partial charge in [-0.05, 0) is 90.2 Å². The van der Waals surface area contributed by atoms with Gasteiger partial charge in [-0.3, -0.25) is 0 Å². The number of hydrogen-bond donors (Lipinski definition) is 0. The SMILES string of the molecule is [2H]c1c([2H])c([2H])c(-c2ccc(-c3c4ccccc4c(-c4c([2H])c([2H])c5oc6c([2H])c([2H])c(-c7c([2H])c([2H])c([2H])c([2H])c7[2H])c([2H])c6c5c4[2H])c4ccccc34)cc2)c([2H])c1[2H]. The summed E-state index contributed by atoms with van der Waals surface area (Å²) < 4.78 is 144. The van der Waals surface area contributed by atoms with Crippen LogP contribution < -0.4 is 0 Å². The van der Waals surface area contributed by atoms with Crippen molar-refractivity contribution in [2.75, 3.05) is 0 Å². The minimum Gasteiger partial charge on any atom is -0.456 e. The van der Waals surface area contributed by atoms with E-state index < -0.39 is 83.6 Å². The van der Waals surface area contributed by atoms with Gasteiger partial charge in [0.25, 0.3) is 0 Å². The Balaban J connectivity index is 1.34. The van der Waals surface area contributed by atoms with Gasteiger partial charge < -0.3 is 4.42 Å². The topological polar surface area (TPSA) is 13.1 Å². The molecule has 1 heteroatoms. The summed E-state index contributed by atoms with van der Waals surface area (Å²) in [6.45, 7) is 0. The monoisotopic (exact) mass is 588 g/mol. The van der Waals surface area contributed by atoms with Gasteiger partial charge in [0, 0.05) is 10.8 Å². The van der Waals surface area contributed by atoms with Crippen molar-refractivity contribution in [2.45, 2.75) is 0 Å². The number of hydrogen-bond acceptors (Lipinski definition) is 1. The molecule has 0 saturated heterocycles. The van der Waals surface area contributed by atoms with Gasteiger partial charge in [0.1, 0.15) is 11.2 Å². The number of furan rings is 1. The van der Waals surface area contributed by atoms with Crippen LogP contribution in [0.5, 0.6) is 0 Å². The lowest BCUT2D eigenvalue weighted by Crippen LogP contribution is -1.91. The molecule has 0 bridgehead atoms. The first-order valence-electron chi connectivity index (χ1n) is 22.1. The van der Waals surface area contributed by atoms with Gasteiger partial charge in [-0.1, -0.05) is 145 Å². The molecule has 1 heterocycles. The maximum Gasteiger partial charge on any atom is 0.135 e. The van der Waals surface area contributed by atoms with E-state index in [2.05, 4.69) is 0 Å². The van der Waals surface area contributed by atoms with Crippen molar-refractivity contribution in [3.63, 3.8) is 0 Å². The second-order valence-electron chi connectivity index (χ2n) is 10.4. The third-order valence-corrected chi connectivity index (χ3v) is 7.90. The molecule has 45 heavy (non-hydrogen) atoms. The van der Waals surface area contributed by atoms with E-state index in [9.17, 15) is 5.48 Å². The van der Waals surface area contributed by atoms with E-state index in [1.165, 1.54) is 0 Å². The van der Waals surface area contributed by atoms with Gasteiger partial charge in [-0.25, -0.2) is 0 Å². The summed E-state index contributed by atoms with van der Waals surface area (Å²) in [5.74, 6) is 0. The first kappa shape index (κ1) is 14.2. The lowest BCUT2D eigenvalue weighted by molar-refractivity contribution is 0.669. The second-order valence-corrected chi connectivity index (χ2v) is 10.4. The maximum atomic E-state index is 9.76. The molecule has 0 radical (unpaired) electrons. The molecule has 0 atom stereocenters. The zero-order chi connectivity index (χ0) is 43.7. The molecule has 0 unspecified atom stereocenters. The molecule has 9 rings (SSSR count). The fourth-order valence-corrected chi connectivity index (χ4v) is 5.93. The maximum absolute atomic E-state index is 9.76. The number of benzene rings is 8. The van der Waals surface area contributed by atoms with Crippen LogP contribution in [0.15, 0.2) is 174 Å². The van der Waals surface area contributed by atoms with Gasteiger partial charge >= 0.3 is 0 Å². The molecule has 210 valence electrons. The quantitative estimate of drug-likeness (QED) is 0.186. The predicted octanol–water partition coefficient (Wildman–Crippen LogP) is 12.6. The molecule has 0 fully saturated rings. The molecule has 1 nitrogen and oxygen atoms in total. The van der Waals surface area contributed by atoms with Crippen LogP contribution >= 0.6 is 0 Å². The Morgan fingerprint density at radius 2 is 0.756 bits per heavy atom. The van der Waals surface area contributed by atoms with Crippen LogP contribution in [0.3, 0.4) is 0 Å². The second kappa shape index (κ2) is 10.4. The van der Waals surface area contributed by atoms with E-state index in [-0.39, 0.29) is 57.2 Å². The van der Waals surface area contributed by atoms with E-state index in [1.807, 2.05) is 36.4 Å². The standard InChI is InChI=1S/C44H28O/c1-3-11-29(12-4-1)31-19-21-32(22-20-31)43-35-15-7-9-17-37(35)44(38-18-10-8-16-36(38)43)34-24-26-42-40(28-34)39-27-33(23-25-41(39)45-42)30-13-5-2-6-14-30/h1-28H/i1D,2D,3D,4D,5D,6D,11D,12D,13D,14D,23D,24D,25D,26D,27D,28D. The Morgan fingerprint density at radius 1 is 0.333 bits per heavy atom. The number of fused-ring (bicyclic) bond motifs is 5. The molecule has 9 aromatic rings. The summed E-state index contributed by atoms with van der Waals surface area (Å²) in [6.07, 6.45) is 0. The van der Waals surface area contributed by atoms with Crippen LogP contribution in [0, 0.1) is 0 Å². The van der Waals surface area contributed by atoms with Crippen molar-refractivity contribution in [1.29, 1.82) is 0 Å². The van der Waals surface area contributed by atoms with E-state index in [4.69, 9.17) is 20.9 Å². The van der Waals surface area contributed by atoms with E-state index in [0.29, 0.717) is 32.7 Å². The largest absolute Gasteiger partial charge is 0.456 e. The smallest absolute Gasteiger partial charge is 0.135 e. The minimum absolute atomic E-state index is 0.0147. The average molecular weight is 589 g/mol. The lowest BCUT2D eigenvalue weighted by Gasteiger charge is -2.18. The summed E-state index contributed by atoms with van der Waals surface area (Å²) in [7, 11) is 0. The Labute approximate surface area is 284 Å². The van der Waals surface area contributed by atoms with Crippen molar-refractivity contribution < 1.29 is 26.3 Å². The highest BCUT2D eigenvalue weighted by Crippen LogP contribution is 2.45. The van der Waals surface area contributed by atoms with E-state index in [1.54, 1.807) is 36.4 Å². The summed E-state index contributed by atoms with van der Waals surface area (Å²) in [6, 6.07) is 13.3. The molecule has 0 N–H and O–H groups in total. The molecule has 0 spiro atoms. The van der Waals surface area contributed by atoms with Gasteiger partial charge in [0.2, 0.25) is 0 Å². The molecule has 0 aliphatic rings. The van der Waals surface area contributed by atoms with Gasteiger partial charge in [0.05, 0.1) is 21.9 Å². The Kier molecular flexibility index (Phi) is 3.28. The zero-order valence-corrected chi connectivity index (χ0v) is 23.3. The molecule has 0 saturated carbocycles. The van der Waals surface area contributed by atoms with Crippen molar-refractivity contribution in [1.82, 2.24) is 0 Å². The van der Waals surface area contributed by atoms with Crippen molar-refractivity contribution in [2.24, 2.45) is 0 Å². The van der Waals surface area contributed by atoms with Gasteiger partial charge in [0.15, 0.2) is 0 Å². The Morgan fingerprint density at radius 3 is 1.29 bits per heavy atom. The Hall–Kier alpha value is -5.92. The fourth-order valence-electron chi connectivity index (χ4n) is 5.93. The molecular formula is C44H28O. The fraction of sp³-hybridized carbons (Fsp3) is 0. The molecule has 0 aliphatic heterocycles. The summed E-state index contributed by atoms with van der Waals surface area (Å²) in [4.78, 5) is 0. The van der Waals surface area contributed by atoms with Crippen molar-refractivity contribution in [3.8, 4) is 44.5 Å². The van der Waals surface area contributed by atoms with E-state index >= 15 is 0 Å². The first-order valence-corrected chi connectivity index (χ1v) is 14.1. The highest BCUT2D eigenvalue weighted by atomic mass is 16.3. The normalized spacial score (nSPS) is 16.5. The highest BCUT2D eigenvalue weighted by molar-refractivity contribution is 6.22. The summed E-state index contributed by atoms with van der Waals surface area (Å²) in [5.41, 5.74) is 0.908. The average Bonchev–Trinajstić information content (AvgIpc) is 3.68. The van der Waals surface area contributed by atoms with E-state index in [0.717, 1.165) is 11.1 Å². The molecule has 0 amide bonds. The highest BCUT2D eigenvalue weighted by Gasteiger charge is 2.18. The van der Waals surface area contributed by atoms with Gasteiger partial charge in [-0.2, -0.15) is 0 Å². The number of rotatable bonds is 4. The third kappa shape index (κ3) is 4.24. The predicted molar refractivity (Wildman–Crippen MR) is 190 cm³/mol. The molecule has 8 aromatic carbocycles. The van der Waals surface area contributed by atoms with Crippen LogP contribution in [0.2, 0.25) is 0 Å². The molecule has 1 aromatic heterocycles. The van der Waals surface area contributed by atoms with Crippen LogP contribution in [0.4, 0.5) is 0 Å². The van der Waals surface area contributed by atoms with Crippen LogP contribution in [-0.4, -0.2) is 0 Å². The van der Waals surface area contributed by atoms with Crippen LogP contribution in [0.1, 0.15) is 21.9 Å². The van der Waals surface area contributed by atoms with Gasteiger partial charge in [-0.15, -0.1) is 0 Å².